The molecule has 3 aliphatic heterocycles. The second-order valence-corrected chi connectivity index (χ2v) is 17.8. The summed E-state index contributed by atoms with van der Waals surface area (Å²) >= 11 is 0. The molecule has 0 radical (unpaired) electrons. The Morgan fingerprint density at radius 2 is 1.89 bits per heavy atom. The number of amides is 1. The van der Waals surface area contributed by atoms with Gasteiger partial charge in [0.1, 0.15) is 11.4 Å². The van der Waals surface area contributed by atoms with Crippen LogP contribution in [-0.2, 0) is 37.8 Å². The van der Waals surface area contributed by atoms with E-state index in [1.165, 1.54) is 0 Å². The molecule has 0 aliphatic carbocycles. The molecule has 1 amide bonds. The van der Waals surface area contributed by atoms with Gasteiger partial charge in [-0.1, -0.05) is 32.0 Å². The molecule has 324 valence electrons. The van der Waals surface area contributed by atoms with Crippen molar-refractivity contribution in [2.75, 3.05) is 40.8 Å². The molecule has 16 nitrogen and oxygen atoms in total. The second-order valence-electron chi connectivity index (χ2n) is 16.9. The zero-order valence-corrected chi connectivity index (χ0v) is 37.1. The molecule has 12 atom stereocenters. The Morgan fingerprint density at radius 3 is 2.47 bits per heavy atom. The molecule has 2 fully saturated rings. The van der Waals surface area contributed by atoms with Crippen molar-refractivity contribution in [3.63, 3.8) is 0 Å². The van der Waals surface area contributed by atoms with Crippen LogP contribution in [0.15, 0.2) is 29.1 Å². The lowest BCUT2D eigenvalue weighted by Crippen LogP contribution is -2.60. The standard InChI is InChI=1S/C40H69N6O10P/c1-14-18-40(51-13,22-24(3)23-42-28(7)33-39(10,30(47)15-2)56-37(49)46(33)20-17-16-19-43-44-41)34(26(5)31-27(6)35(48)55-38(8,9)54-31)53-36-32(57-50)29(45(11)12)21-25(4)52-36/h14,24-26,28-30,32-34,36,42,47H,1,15-23H2,2-13H3/t24-,25?,26-,28-,29?,30-,32?,33-,34-,36+,39-,40-/m1/s1. The summed E-state index contributed by atoms with van der Waals surface area (Å²) in [6.07, 6.45) is 1.60. The van der Waals surface area contributed by atoms with Gasteiger partial charge in [-0.25, -0.2) is 9.59 Å². The van der Waals surface area contributed by atoms with Gasteiger partial charge in [0.2, 0.25) is 5.79 Å². The Hall–Kier alpha value is -2.81. The second kappa shape index (κ2) is 20.9. The predicted octanol–water partition coefficient (Wildman–Crippen LogP) is 6.72. The first kappa shape index (κ1) is 48.6. The van der Waals surface area contributed by atoms with Gasteiger partial charge in [-0.15, -0.1) is 6.58 Å². The normalized spacial score (nSPS) is 30.1. The fourth-order valence-electron chi connectivity index (χ4n) is 8.86. The summed E-state index contributed by atoms with van der Waals surface area (Å²) in [7, 11) is 5.41. The number of ether oxygens (including phenoxy) is 6. The van der Waals surface area contributed by atoms with Gasteiger partial charge in [-0.05, 0) is 98.3 Å². The number of methoxy groups -OCH3 is 1. The van der Waals surface area contributed by atoms with Crippen LogP contribution in [0.5, 0.6) is 0 Å². The summed E-state index contributed by atoms with van der Waals surface area (Å²) in [4.78, 5) is 32.9. The molecule has 0 bridgehead atoms. The monoisotopic (exact) mass is 824 g/mol. The van der Waals surface area contributed by atoms with E-state index in [0.717, 1.165) is 0 Å². The number of nitrogens with zero attached hydrogens (tertiary/aromatic N) is 5. The third-order valence-electron chi connectivity index (χ3n) is 11.8. The first-order valence-corrected chi connectivity index (χ1v) is 21.1. The Bertz CT molecular complexity index is 1480. The van der Waals surface area contributed by atoms with Gasteiger partial charge in [-0.3, -0.25) is 9.46 Å². The van der Waals surface area contributed by atoms with E-state index in [0.29, 0.717) is 69.5 Å². The molecule has 2 N–H and O–H groups in total. The van der Waals surface area contributed by atoms with Crippen molar-refractivity contribution in [3.8, 4) is 0 Å². The minimum absolute atomic E-state index is 0.0683. The van der Waals surface area contributed by atoms with E-state index in [1.807, 2.05) is 46.7 Å². The van der Waals surface area contributed by atoms with Gasteiger partial charge >= 0.3 is 12.1 Å². The minimum Gasteiger partial charge on any atom is -0.456 e. The van der Waals surface area contributed by atoms with E-state index < -0.39 is 65.2 Å². The number of carbonyl (C=O) groups excluding carboxylic acids is 2. The van der Waals surface area contributed by atoms with Crippen molar-refractivity contribution < 1.29 is 47.7 Å². The average molecular weight is 825 g/mol. The van der Waals surface area contributed by atoms with Crippen LogP contribution in [0.25, 0.3) is 10.4 Å². The molecule has 2 saturated heterocycles. The van der Waals surface area contributed by atoms with E-state index in [9.17, 15) is 19.3 Å². The van der Waals surface area contributed by atoms with E-state index in [1.54, 1.807) is 45.8 Å². The van der Waals surface area contributed by atoms with Crippen molar-refractivity contribution in [2.24, 2.45) is 17.0 Å². The molecule has 0 aromatic heterocycles. The molecular weight excluding hydrogens is 755 g/mol. The molecule has 3 aliphatic rings. The van der Waals surface area contributed by atoms with Crippen molar-refractivity contribution in [1.29, 1.82) is 0 Å². The minimum atomic E-state index is -1.22. The third kappa shape index (κ3) is 11.5. The van der Waals surface area contributed by atoms with Crippen LogP contribution in [0.2, 0.25) is 0 Å². The molecule has 3 rings (SSSR count). The Kier molecular flexibility index (Phi) is 17.8. The van der Waals surface area contributed by atoms with Crippen molar-refractivity contribution in [3.05, 3.63) is 34.4 Å². The molecule has 3 heterocycles. The summed E-state index contributed by atoms with van der Waals surface area (Å²) in [5, 5.41) is 18.4. The molecule has 0 aromatic rings. The quantitative estimate of drug-likeness (QED) is 0.0210. The fraction of sp³-hybridized carbons (Fsp3) is 0.850. The highest BCUT2D eigenvalue weighted by Crippen LogP contribution is 2.44. The van der Waals surface area contributed by atoms with Crippen LogP contribution in [0.4, 0.5) is 4.79 Å². The van der Waals surface area contributed by atoms with Gasteiger partial charge in [0.15, 0.2) is 20.4 Å². The highest BCUT2D eigenvalue weighted by Gasteiger charge is 2.57. The molecular formula is C40H69N6O10P. The average Bonchev–Trinajstić information content (AvgIpc) is 3.42. The summed E-state index contributed by atoms with van der Waals surface area (Å²) in [5.41, 5.74) is 6.26. The zero-order valence-electron chi connectivity index (χ0n) is 36.2. The molecule has 0 aromatic carbocycles. The maximum absolute atomic E-state index is 13.3. The topological polar surface area (TPSA) is 194 Å². The smallest absolute Gasteiger partial charge is 0.410 e. The molecule has 3 unspecified atom stereocenters. The predicted molar refractivity (Wildman–Crippen MR) is 217 cm³/mol. The zero-order chi connectivity index (χ0) is 42.9. The van der Waals surface area contributed by atoms with Gasteiger partial charge in [0, 0.05) is 57.0 Å². The highest BCUT2D eigenvalue weighted by atomic mass is 31.1. The first-order valence-electron chi connectivity index (χ1n) is 20.3. The van der Waals surface area contributed by atoms with Gasteiger partial charge < -0.3 is 43.7 Å². The molecule has 57 heavy (non-hydrogen) atoms. The number of hydrogen-bond donors (Lipinski definition) is 2. The maximum Gasteiger partial charge on any atom is 0.410 e. The lowest BCUT2D eigenvalue weighted by Gasteiger charge is -2.48. The molecule has 0 spiro atoms. The van der Waals surface area contributed by atoms with Crippen molar-refractivity contribution in [2.45, 2.75) is 166 Å². The number of nitrogens with one attached hydrogen (secondary N) is 1. The van der Waals surface area contributed by atoms with Crippen molar-refractivity contribution >= 4 is 20.5 Å². The summed E-state index contributed by atoms with van der Waals surface area (Å²) in [6.45, 7) is 21.9. The van der Waals surface area contributed by atoms with E-state index >= 15 is 0 Å². The van der Waals surface area contributed by atoms with Gasteiger partial charge in [0.25, 0.3) is 0 Å². The van der Waals surface area contributed by atoms with Crippen LogP contribution in [-0.4, -0.2) is 133 Å². The number of azide groups is 1. The Labute approximate surface area is 341 Å². The van der Waals surface area contributed by atoms with E-state index in [4.69, 9.17) is 34.0 Å². The van der Waals surface area contributed by atoms with Crippen LogP contribution in [0.3, 0.4) is 0 Å². The number of carbonyl (C=O) groups is 2. The number of unbranched alkanes of at least 4 members (excludes halogenated alkanes) is 1. The van der Waals surface area contributed by atoms with Crippen LogP contribution in [0, 0.1) is 11.8 Å². The number of rotatable bonds is 23. The van der Waals surface area contributed by atoms with Gasteiger partial charge in [0.05, 0.1) is 35.5 Å². The molecule has 0 saturated carbocycles. The van der Waals surface area contributed by atoms with E-state index in [2.05, 4.69) is 28.8 Å². The third-order valence-corrected chi connectivity index (χ3v) is 12.6. The number of aliphatic hydroxyl groups excluding tert-OH is 1. The lowest BCUT2D eigenvalue weighted by molar-refractivity contribution is -0.268. The summed E-state index contributed by atoms with van der Waals surface area (Å²) < 4.78 is 50.7. The Morgan fingerprint density at radius 1 is 1.21 bits per heavy atom. The highest BCUT2D eigenvalue weighted by molar-refractivity contribution is 7.25. The van der Waals surface area contributed by atoms with Gasteiger partial charge in [-0.2, -0.15) is 0 Å². The van der Waals surface area contributed by atoms with Crippen LogP contribution >= 0.6 is 8.46 Å². The van der Waals surface area contributed by atoms with Crippen LogP contribution in [0.1, 0.15) is 101 Å². The number of cyclic esters (lactones) is 2. The van der Waals surface area contributed by atoms with E-state index in [-0.39, 0.29) is 32.6 Å². The first-order chi connectivity index (χ1) is 26.8. The fourth-order valence-corrected chi connectivity index (χ4v) is 9.63. The SMILES string of the molecule is C=CC[C@](C[C@@H](C)CN[C@H](C)[C@H]1N(CCCCN=[N+]=[N-])C(=O)O[C@]1(C)[C@H](O)CC)(OC)[C@H](O[C@@H]1OC(C)CC(N(C)C)C1P=O)[C@H](C)C1=C(C)C(=O)OC(C)(C)O1. The van der Waals surface area contributed by atoms with Crippen molar-refractivity contribution in [1.82, 2.24) is 15.1 Å². The number of hydrogen-bond acceptors (Lipinski definition) is 13. The largest absolute Gasteiger partial charge is 0.456 e. The summed E-state index contributed by atoms with van der Waals surface area (Å²) in [6, 6.07) is -0.898. The number of esters is 1. The Balaban J connectivity index is 2.00. The maximum atomic E-state index is 13.3. The lowest BCUT2D eigenvalue weighted by atomic mass is 9.77. The molecule has 17 heteroatoms. The van der Waals surface area contributed by atoms with Crippen LogP contribution < -0.4 is 5.32 Å². The number of aliphatic hydroxyl groups is 1. The summed E-state index contributed by atoms with van der Waals surface area (Å²) in [5.74, 6) is -1.94.